The van der Waals surface area contributed by atoms with Gasteiger partial charge in [0.2, 0.25) is 5.91 Å². The molecule has 1 amide bonds. The summed E-state index contributed by atoms with van der Waals surface area (Å²) in [4.78, 5) is 23.7. The third kappa shape index (κ3) is 3.30. The molecule has 3 rings (SSSR count). The van der Waals surface area contributed by atoms with E-state index in [1.165, 1.54) is 16.0 Å². The maximum atomic E-state index is 12.4. The van der Waals surface area contributed by atoms with Crippen molar-refractivity contribution < 1.29 is 9.72 Å². The van der Waals surface area contributed by atoms with E-state index in [1.54, 1.807) is 6.92 Å². The quantitative estimate of drug-likeness (QED) is 0.631. The first-order valence-corrected chi connectivity index (χ1v) is 9.23. The third-order valence-electron chi connectivity index (χ3n) is 4.46. The van der Waals surface area contributed by atoms with Crippen molar-refractivity contribution in [2.24, 2.45) is 5.92 Å². The molecule has 26 heavy (non-hydrogen) atoms. The maximum absolute atomic E-state index is 12.4. The van der Waals surface area contributed by atoms with Crippen molar-refractivity contribution in [3.63, 3.8) is 0 Å². The van der Waals surface area contributed by atoms with Gasteiger partial charge in [-0.05, 0) is 42.6 Å². The van der Waals surface area contributed by atoms with E-state index in [-0.39, 0.29) is 11.6 Å². The molecule has 1 aliphatic rings. The Hall–Kier alpha value is -2.44. The molecule has 2 heterocycles. The van der Waals surface area contributed by atoms with E-state index >= 15 is 0 Å². The zero-order valence-electron chi connectivity index (χ0n) is 14.2. The standard InChI is InChI=1S/C16H16ClN5O3S/c1-8-3-4-10-11(6-18)16(26-12(10)5-8)19-13(23)7-21-9(2)14(17)15(20-21)22(24)25/h8H,3-5,7H2,1-2H3,(H,19,23)/t8-/m0/s1. The predicted molar refractivity (Wildman–Crippen MR) is 97.5 cm³/mol. The van der Waals surface area contributed by atoms with Crippen molar-refractivity contribution in [1.82, 2.24) is 9.78 Å². The Balaban J connectivity index is 1.81. The number of rotatable bonds is 4. The summed E-state index contributed by atoms with van der Waals surface area (Å²) in [5.74, 6) is -0.328. The molecule has 1 aliphatic carbocycles. The lowest BCUT2D eigenvalue weighted by Gasteiger charge is -2.17. The van der Waals surface area contributed by atoms with Crippen LogP contribution in [0.25, 0.3) is 0 Å². The number of carbonyl (C=O) groups is 1. The number of carbonyl (C=O) groups excluding carboxylic acids is 1. The molecule has 1 N–H and O–H groups in total. The summed E-state index contributed by atoms with van der Waals surface area (Å²) >= 11 is 7.31. The van der Waals surface area contributed by atoms with Crippen LogP contribution in [0.3, 0.4) is 0 Å². The molecule has 8 nitrogen and oxygen atoms in total. The number of amides is 1. The molecule has 0 bridgehead atoms. The molecular formula is C16H16ClN5O3S. The van der Waals surface area contributed by atoms with Crippen LogP contribution in [0.5, 0.6) is 0 Å². The van der Waals surface area contributed by atoms with Gasteiger partial charge in [0.05, 0.1) is 16.4 Å². The van der Waals surface area contributed by atoms with E-state index in [0.717, 1.165) is 29.7 Å². The number of thiophene rings is 1. The summed E-state index contributed by atoms with van der Waals surface area (Å²) in [6.07, 6.45) is 2.77. The topological polar surface area (TPSA) is 114 Å². The van der Waals surface area contributed by atoms with E-state index in [4.69, 9.17) is 11.6 Å². The summed E-state index contributed by atoms with van der Waals surface area (Å²) in [5.41, 5.74) is 1.89. The minimum atomic E-state index is -0.688. The molecule has 0 spiro atoms. The van der Waals surface area contributed by atoms with Crippen LogP contribution in [0.2, 0.25) is 5.02 Å². The van der Waals surface area contributed by atoms with Gasteiger partial charge in [-0.3, -0.25) is 4.79 Å². The van der Waals surface area contributed by atoms with Gasteiger partial charge in [-0.2, -0.15) is 9.94 Å². The second kappa shape index (κ2) is 7.05. The van der Waals surface area contributed by atoms with E-state index in [1.807, 2.05) is 0 Å². The molecule has 0 unspecified atom stereocenters. The molecule has 0 radical (unpaired) electrons. The fraction of sp³-hybridized carbons (Fsp3) is 0.438. The number of anilines is 1. The Morgan fingerprint density at radius 1 is 1.62 bits per heavy atom. The molecule has 1 atom stereocenters. The normalized spacial score (nSPS) is 16.0. The third-order valence-corrected chi connectivity index (χ3v) is 6.07. The lowest BCUT2D eigenvalue weighted by atomic mass is 9.89. The second-order valence-electron chi connectivity index (χ2n) is 6.35. The number of hydrogen-bond donors (Lipinski definition) is 1. The highest BCUT2D eigenvalue weighted by Gasteiger charge is 2.27. The number of nitro groups is 1. The second-order valence-corrected chi connectivity index (χ2v) is 7.84. The van der Waals surface area contributed by atoms with Crippen molar-refractivity contribution in [2.75, 3.05) is 5.32 Å². The zero-order chi connectivity index (χ0) is 19.0. The van der Waals surface area contributed by atoms with Gasteiger partial charge in [0.25, 0.3) is 0 Å². The number of halogens is 1. The van der Waals surface area contributed by atoms with Crippen molar-refractivity contribution >= 4 is 39.7 Å². The predicted octanol–water partition coefficient (Wildman–Crippen LogP) is 3.45. The fourth-order valence-corrected chi connectivity index (χ4v) is 4.62. The highest BCUT2D eigenvalue weighted by atomic mass is 35.5. The number of aromatic nitrogens is 2. The lowest BCUT2D eigenvalue weighted by Crippen LogP contribution is -2.20. The molecule has 0 aromatic carbocycles. The van der Waals surface area contributed by atoms with Gasteiger partial charge in [-0.1, -0.05) is 18.5 Å². The molecule has 136 valence electrons. The van der Waals surface area contributed by atoms with Gasteiger partial charge in [0.1, 0.15) is 17.6 Å². The highest BCUT2D eigenvalue weighted by Crippen LogP contribution is 2.39. The van der Waals surface area contributed by atoms with E-state index in [2.05, 4.69) is 23.4 Å². The molecule has 2 aromatic rings. The fourth-order valence-electron chi connectivity index (χ4n) is 3.04. The van der Waals surface area contributed by atoms with E-state index in [9.17, 15) is 20.2 Å². The van der Waals surface area contributed by atoms with Crippen LogP contribution in [0, 0.1) is 34.3 Å². The number of nitrogens with one attached hydrogen (secondary N) is 1. The van der Waals surface area contributed by atoms with Crippen LogP contribution in [0.4, 0.5) is 10.8 Å². The van der Waals surface area contributed by atoms with Crippen LogP contribution in [-0.2, 0) is 24.2 Å². The number of fused-ring (bicyclic) bond motifs is 1. The Morgan fingerprint density at radius 2 is 2.35 bits per heavy atom. The van der Waals surface area contributed by atoms with Crippen LogP contribution < -0.4 is 5.32 Å². The Labute approximate surface area is 158 Å². The van der Waals surface area contributed by atoms with Crippen molar-refractivity contribution in [1.29, 1.82) is 5.26 Å². The van der Waals surface area contributed by atoms with Gasteiger partial charge < -0.3 is 15.4 Å². The molecule has 2 aromatic heterocycles. The summed E-state index contributed by atoms with van der Waals surface area (Å²) in [6, 6.07) is 2.19. The lowest BCUT2D eigenvalue weighted by molar-refractivity contribution is -0.389. The molecule has 0 aliphatic heterocycles. The van der Waals surface area contributed by atoms with Gasteiger partial charge in [-0.25, -0.2) is 0 Å². The van der Waals surface area contributed by atoms with Crippen LogP contribution in [0.1, 0.15) is 35.0 Å². The van der Waals surface area contributed by atoms with Gasteiger partial charge in [0.15, 0.2) is 5.02 Å². The maximum Gasteiger partial charge on any atom is 0.408 e. The summed E-state index contributed by atoms with van der Waals surface area (Å²) < 4.78 is 1.19. The van der Waals surface area contributed by atoms with Gasteiger partial charge in [0, 0.05) is 4.88 Å². The Morgan fingerprint density at radius 3 is 2.96 bits per heavy atom. The molecular weight excluding hydrogens is 378 g/mol. The molecule has 0 saturated heterocycles. The van der Waals surface area contributed by atoms with E-state index in [0.29, 0.717) is 22.2 Å². The van der Waals surface area contributed by atoms with Crippen LogP contribution in [-0.4, -0.2) is 20.6 Å². The summed E-state index contributed by atoms with van der Waals surface area (Å²) in [5, 5.41) is 27.3. The minimum Gasteiger partial charge on any atom is -0.358 e. The largest absolute Gasteiger partial charge is 0.408 e. The van der Waals surface area contributed by atoms with E-state index < -0.39 is 16.6 Å². The summed E-state index contributed by atoms with van der Waals surface area (Å²) in [7, 11) is 0. The first kappa shape index (κ1) is 18.4. The Kier molecular flexibility index (Phi) is 4.98. The highest BCUT2D eigenvalue weighted by molar-refractivity contribution is 7.16. The van der Waals surface area contributed by atoms with Crippen molar-refractivity contribution in [2.45, 2.75) is 39.7 Å². The average molecular weight is 394 g/mol. The zero-order valence-corrected chi connectivity index (χ0v) is 15.8. The number of nitriles is 1. The molecule has 10 heteroatoms. The number of nitrogens with zero attached hydrogens (tertiary/aromatic N) is 4. The smallest absolute Gasteiger partial charge is 0.358 e. The molecule has 0 saturated carbocycles. The Bertz CT molecular complexity index is 943. The van der Waals surface area contributed by atoms with Crippen molar-refractivity contribution in [3.05, 3.63) is 36.8 Å². The minimum absolute atomic E-state index is 0.0823. The molecule has 0 fully saturated rings. The first-order chi connectivity index (χ1) is 12.3. The first-order valence-electron chi connectivity index (χ1n) is 8.03. The SMILES string of the molecule is Cc1c(Cl)c([N+](=O)[O-])nn1CC(=O)Nc1sc2c(c1C#N)CC[C@H](C)C2. The number of hydrogen-bond acceptors (Lipinski definition) is 6. The monoisotopic (exact) mass is 393 g/mol. The average Bonchev–Trinajstić information content (AvgIpc) is 3.05. The van der Waals surface area contributed by atoms with Gasteiger partial charge >= 0.3 is 5.82 Å². The van der Waals surface area contributed by atoms with Crippen molar-refractivity contribution in [3.8, 4) is 6.07 Å². The van der Waals surface area contributed by atoms with Crippen LogP contribution >= 0.6 is 22.9 Å². The summed E-state index contributed by atoms with van der Waals surface area (Å²) in [6.45, 7) is 3.51. The van der Waals surface area contributed by atoms with Gasteiger partial charge in [-0.15, -0.1) is 11.3 Å². The van der Waals surface area contributed by atoms with Crippen LogP contribution in [0.15, 0.2) is 0 Å².